The zero-order valence-corrected chi connectivity index (χ0v) is 11.8. The van der Waals surface area contributed by atoms with Gasteiger partial charge in [-0.2, -0.15) is 5.26 Å². The summed E-state index contributed by atoms with van der Waals surface area (Å²) in [6, 6.07) is 9.02. The van der Waals surface area contributed by atoms with Gasteiger partial charge >= 0.3 is 0 Å². The normalized spacial score (nSPS) is 17.5. The highest BCUT2D eigenvalue weighted by Crippen LogP contribution is 2.33. The summed E-state index contributed by atoms with van der Waals surface area (Å²) in [6.45, 7) is 0.460. The molecule has 0 aliphatic heterocycles. The lowest BCUT2D eigenvalue weighted by molar-refractivity contribution is 0.456. The van der Waals surface area contributed by atoms with E-state index in [4.69, 9.17) is 5.26 Å². The molecule has 1 aromatic carbocycles. The fourth-order valence-electron chi connectivity index (χ4n) is 2.71. The maximum absolute atomic E-state index is 13.7. The standard InChI is InChI=1S/C16H15FN2S/c17-14-5-4-11(9-18)8-12(14)10-19-15-2-1-3-16-13(15)6-7-20-16/h4-8,15,19H,1-3,10H2. The molecule has 1 aliphatic carbocycles. The Balaban J connectivity index is 1.74. The van der Waals surface area contributed by atoms with E-state index in [0.29, 0.717) is 23.7 Å². The lowest BCUT2D eigenvalue weighted by atomic mass is 9.94. The molecule has 1 heterocycles. The van der Waals surface area contributed by atoms with E-state index in [1.165, 1.54) is 29.0 Å². The third kappa shape index (κ3) is 2.60. The van der Waals surface area contributed by atoms with Crippen LogP contribution in [-0.4, -0.2) is 0 Å². The van der Waals surface area contributed by atoms with Gasteiger partial charge in [0.2, 0.25) is 0 Å². The number of rotatable bonds is 3. The summed E-state index contributed by atoms with van der Waals surface area (Å²) >= 11 is 1.80. The molecule has 1 unspecified atom stereocenters. The summed E-state index contributed by atoms with van der Waals surface area (Å²) in [4.78, 5) is 1.44. The number of aryl methyl sites for hydroxylation is 1. The number of hydrogen-bond donors (Lipinski definition) is 1. The van der Waals surface area contributed by atoms with E-state index in [1.54, 1.807) is 17.4 Å². The lowest BCUT2D eigenvalue weighted by Gasteiger charge is -2.24. The summed E-state index contributed by atoms with van der Waals surface area (Å²) in [5.41, 5.74) is 2.42. The quantitative estimate of drug-likeness (QED) is 0.928. The van der Waals surface area contributed by atoms with Crippen molar-refractivity contribution < 1.29 is 4.39 Å². The second-order valence-corrected chi connectivity index (χ2v) is 6.04. The first-order chi connectivity index (χ1) is 9.78. The minimum absolute atomic E-state index is 0.252. The highest BCUT2D eigenvalue weighted by atomic mass is 32.1. The largest absolute Gasteiger partial charge is 0.306 e. The van der Waals surface area contributed by atoms with Crippen LogP contribution < -0.4 is 5.32 Å². The number of thiophene rings is 1. The summed E-state index contributed by atoms with van der Waals surface area (Å²) in [7, 11) is 0. The topological polar surface area (TPSA) is 35.8 Å². The van der Waals surface area contributed by atoms with Crippen LogP contribution in [0, 0.1) is 17.1 Å². The number of fused-ring (bicyclic) bond motifs is 1. The molecule has 0 amide bonds. The van der Waals surface area contributed by atoms with Crippen LogP contribution in [0.5, 0.6) is 0 Å². The van der Waals surface area contributed by atoms with Crippen LogP contribution in [0.3, 0.4) is 0 Å². The zero-order valence-electron chi connectivity index (χ0n) is 11.0. The molecule has 1 aromatic heterocycles. The molecule has 2 aromatic rings. The summed E-state index contributed by atoms with van der Waals surface area (Å²) < 4.78 is 13.7. The predicted molar refractivity (Wildman–Crippen MR) is 78.0 cm³/mol. The molecule has 1 aliphatic rings. The van der Waals surface area contributed by atoms with Gasteiger partial charge in [0.15, 0.2) is 0 Å². The molecular weight excluding hydrogens is 271 g/mol. The molecule has 0 saturated heterocycles. The second kappa shape index (κ2) is 5.74. The Labute approximate surface area is 121 Å². The van der Waals surface area contributed by atoms with Crippen molar-refractivity contribution in [2.45, 2.75) is 31.8 Å². The van der Waals surface area contributed by atoms with Crippen molar-refractivity contribution in [1.82, 2.24) is 5.32 Å². The second-order valence-electron chi connectivity index (χ2n) is 5.04. The van der Waals surface area contributed by atoms with E-state index in [0.717, 1.165) is 12.8 Å². The SMILES string of the molecule is N#Cc1ccc(F)c(CNC2CCCc3sccc32)c1. The molecule has 0 fully saturated rings. The Morgan fingerprint density at radius 1 is 1.40 bits per heavy atom. The summed E-state index contributed by atoms with van der Waals surface area (Å²) in [5, 5.41) is 14.4. The first kappa shape index (κ1) is 13.3. The molecule has 0 saturated carbocycles. The van der Waals surface area contributed by atoms with Crippen LogP contribution >= 0.6 is 11.3 Å². The molecule has 0 radical (unpaired) electrons. The molecular formula is C16H15FN2S. The maximum atomic E-state index is 13.7. The Hall–Kier alpha value is -1.70. The lowest BCUT2D eigenvalue weighted by Crippen LogP contribution is -2.24. The van der Waals surface area contributed by atoms with Gasteiger partial charge in [0.1, 0.15) is 5.82 Å². The van der Waals surface area contributed by atoms with Crippen LogP contribution in [0.2, 0.25) is 0 Å². The van der Waals surface area contributed by atoms with E-state index in [-0.39, 0.29) is 5.82 Å². The molecule has 3 rings (SSSR count). The van der Waals surface area contributed by atoms with E-state index < -0.39 is 0 Å². The van der Waals surface area contributed by atoms with Crippen LogP contribution in [0.1, 0.15) is 40.5 Å². The van der Waals surface area contributed by atoms with E-state index >= 15 is 0 Å². The van der Waals surface area contributed by atoms with Crippen LogP contribution in [0.25, 0.3) is 0 Å². The van der Waals surface area contributed by atoms with E-state index in [9.17, 15) is 4.39 Å². The van der Waals surface area contributed by atoms with Gasteiger partial charge in [0.05, 0.1) is 11.6 Å². The Kier molecular flexibility index (Phi) is 3.81. The highest BCUT2D eigenvalue weighted by Gasteiger charge is 2.20. The number of nitrogens with zero attached hydrogens (tertiary/aromatic N) is 1. The third-order valence-electron chi connectivity index (χ3n) is 3.77. The van der Waals surface area contributed by atoms with Gasteiger partial charge in [-0.1, -0.05) is 0 Å². The first-order valence-electron chi connectivity index (χ1n) is 6.76. The fraction of sp³-hybridized carbons (Fsp3) is 0.312. The average molecular weight is 286 g/mol. The number of hydrogen-bond acceptors (Lipinski definition) is 3. The Morgan fingerprint density at radius 3 is 3.15 bits per heavy atom. The predicted octanol–water partition coefficient (Wildman–Crippen LogP) is 3.93. The highest BCUT2D eigenvalue weighted by molar-refractivity contribution is 7.10. The Morgan fingerprint density at radius 2 is 2.30 bits per heavy atom. The smallest absolute Gasteiger partial charge is 0.127 e. The molecule has 0 bridgehead atoms. The fourth-order valence-corrected chi connectivity index (χ4v) is 3.70. The van der Waals surface area contributed by atoms with E-state index in [1.807, 2.05) is 0 Å². The molecule has 102 valence electrons. The van der Waals surface area contributed by atoms with Gasteiger partial charge in [0.25, 0.3) is 0 Å². The van der Waals surface area contributed by atoms with Crippen molar-refractivity contribution in [1.29, 1.82) is 5.26 Å². The van der Waals surface area contributed by atoms with Crippen LogP contribution in [0.15, 0.2) is 29.6 Å². The number of nitriles is 1. The third-order valence-corrected chi connectivity index (χ3v) is 4.76. The molecule has 4 heteroatoms. The number of benzene rings is 1. The summed E-state index contributed by atoms with van der Waals surface area (Å²) in [5.74, 6) is -0.252. The van der Waals surface area contributed by atoms with Gasteiger partial charge in [-0.25, -0.2) is 4.39 Å². The van der Waals surface area contributed by atoms with Gasteiger partial charge < -0.3 is 5.32 Å². The van der Waals surface area contributed by atoms with Crippen molar-refractivity contribution in [3.63, 3.8) is 0 Å². The van der Waals surface area contributed by atoms with Gasteiger partial charge in [-0.15, -0.1) is 11.3 Å². The van der Waals surface area contributed by atoms with Crippen molar-refractivity contribution in [2.75, 3.05) is 0 Å². The van der Waals surface area contributed by atoms with Gasteiger partial charge in [-0.05, 0) is 54.5 Å². The Bertz CT molecular complexity index is 657. The van der Waals surface area contributed by atoms with Gasteiger partial charge in [0, 0.05) is 23.0 Å². The molecule has 20 heavy (non-hydrogen) atoms. The van der Waals surface area contributed by atoms with Crippen molar-refractivity contribution in [3.8, 4) is 6.07 Å². The maximum Gasteiger partial charge on any atom is 0.127 e. The van der Waals surface area contributed by atoms with Crippen LogP contribution in [0.4, 0.5) is 4.39 Å². The number of halogens is 1. The molecule has 0 spiro atoms. The average Bonchev–Trinajstić information content (AvgIpc) is 2.95. The molecule has 2 nitrogen and oxygen atoms in total. The van der Waals surface area contributed by atoms with Gasteiger partial charge in [-0.3, -0.25) is 0 Å². The van der Waals surface area contributed by atoms with Crippen molar-refractivity contribution in [3.05, 3.63) is 57.0 Å². The zero-order chi connectivity index (χ0) is 13.9. The number of nitrogens with one attached hydrogen (secondary N) is 1. The molecule has 1 N–H and O–H groups in total. The van der Waals surface area contributed by atoms with Crippen molar-refractivity contribution in [2.24, 2.45) is 0 Å². The minimum atomic E-state index is -0.252. The van der Waals surface area contributed by atoms with Crippen molar-refractivity contribution >= 4 is 11.3 Å². The first-order valence-corrected chi connectivity index (χ1v) is 7.64. The van der Waals surface area contributed by atoms with E-state index in [2.05, 4.69) is 22.8 Å². The summed E-state index contributed by atoms with van der Waals surface area (Å²) in [6.07, 6.45) is 3.42. The van der Waals surface area contributed by atoms with Crippen LogP contribution in [-0.2, 0) is 13.0 Å². The molecule has 1 atom stereocenters. The monoisotopic (exact) mass is 286 g/mol. The minimum Gasteiger partial charge on any atom is -0.306 e.